The Morgan fingerprint density at radius 2 is 1.12 bits per heavy atom. The summed E-state index contributed by atoms with van der Waals surface area (Å²) < 4.78 is 0. The molecule has 25 heavy (non-hydrogen) atoms. The van der Waals surface area contributed by atoms with Crippen LogP contribution in [-0.4, -0.2) is 35.1 Å². The van der Waals surface area contributed by atoms with Crippen LogP contribution in [0.5, 0.6) is 0 Å². The van der Waals surface area contributed by atoms with Crippen LogP contribution in [0.25, 0.3) is 0 Å². The molecule has 0 aliphatic carbocycles. The Morgan fingerprint density at radius 3 is 1.56 bits per heavy atom. The molecule has 0 unspecified atom stereocenters. The molecule has 3 heteroatoms. The molecule has 4 atom stereocenters. The number of thioether (sulfide) groups is 1. The predicted octanol–water partition coefficient (Wildman–Crippen LogP) is 5.66. The van der Waals surface area contributed by atoms with Crippen molar-refractivity contribution in [2.24, 2.45) is 0 Å². The van der Waals surface area contributed by atoms with E-state index in [-0.39, 0.29) is 15.8 Å². The van der Waals surface area contributed by atoms with Crippen LogP contribution in [0.4, 0.5) is 0 Å². The van der Waals surface area contributed by atoms with Crippen molar-refractivity contribution in [3.8, 4) is 0 Å². The molecule has 0 nitrogen and oxygen atoms in total. The number of hydrogen-bond acceptors (Lipinski definition) is 1. The molecule has 0 amide bonds. The molecule has 2 aliphatic rings. The van der Waals surface area contributed by atoms with Crippen LogP contribution in [0.1, 0.15) is 25.7 Å². The summed E-state index contributed by atoms with van der Waals surface area (Å²) in [7, 11) is 0.204. The SMILES string of the molecule is c1ccc([P@@]2CCC[C@@H]2CSC[C@H]2CCC[P@]2c2ccccc2)cc1. The summed E-state index contributed by atoms with van der Waals surface area (Å²) in [5.74, 6) is 2.80. The Labute approximate surface area is 159 Å². The molecule has 0 spiro atoms. The lowest BCUT2D eigenvalue weighted by Crippen LogP contribution is -2.15. The highest BCUT2D eigenvalue weighted by Crippen LogP contribution is 2.52. The molecule has 2 heterocycles. The minimum atomic E-state index is 0.102. The summed E-state index contributed by atoms with van der Waals surface area (Å²) in [6.45, 7) is 0. The summed E-state index contributed by atoms with van der Waals surface area (Å²) in [5, 5.41) is 3.29. The van der Waals surface area contributed by atoms with Crippen molar-refractivity contribution in [2.75, 3.05) is 23.8 Å². The zero-order valence-corrected chi connectivity index (χ0v) is 17.5. The third kappa shape index (κ3) is 4.50. The second-order valence-electron chi connectivity index (χ2n) is 7.19. The monoisotopic (exact) mass is 386 g/mol. The van der Waals surface area contributed by atoms with Crippen molar-refractivity contribution in [1.29, 1.82) is 0 Å². The van der Waals surface area contributed by atoms with Gasteiger partial charge in [-0.2, -0.15) is 11.8 Å². The van der Waals surface area contributed by atoms with Crippen molar-refractivity contribution < 1.29 is 0 Å². The lowest BCUT2D eigenvalue weighted by Gasteiger charge is -2.23. The van der Waals surface area contributed by atoms with E-state index in [1.807, 2.05) is 0 Å². The van der Waals surface area contributed by atoms with Crippen LogP contribution in [0.3, 0.4) is 0 Å². The first-order chi connectivity index (χ1) is 12.4. The third-order valence-electron chi connectivity index (χ3n) is 5.55. The topological polar surface area (TPSA) is 0 Å². The third-order valence-corrected chi connectivity index (χ3v) is 13.5. The molecule has 0 N–H and O–H groups in total. The van der Waals surface area contributed by atoms with Crippen molar-refractivity contribution in [1.82, 2.24) is 0 Å². The number of hydrogen-bond donors (Lipinski definition) is 0. The maximum Gasteiger partial charge on any atom is 0.000355 e. The zero-order chi connectivity index (χ0) is 16.9. The van der Waals surface area contributed by atoms with Gasteiger partial charge in [0, 0.05) is 11.5 Å². The van der Waals surface area contributed by atoms with Crippen LogP contribution >= 0.6 is 27.6 Å². The molecule has 0 saturated carbocycles. The van der Waals surface area contributed by atoms with Crippen LogP contribution in [-0.2, 0) is 0 Å². The zero-order valence-electron chi connectivity index (χ0n) is 14.9. The van der Waals surface area contributed by atoms with Gasteiger partial charge in [0.2, 0.25) is 0 Å². The van der Waals surface area contributed by atoms with Gasteiger partial charge in [-0.05, 0) is 59.9 Å². The predicted molar refractivity (Wildman–Crippen MR) is 119 cm³/mol. The molecular formula is C22H28P2S. The van der Waals surface area contributed by atoms with E-state index in [9.17, 15) is 0 Å². The summed E-state index contributed by atoms with van der Waals surface area (Å²) in [6.07, 6.45) is 8.75. The Hall–Kier alpha value is -0.350. The van der Waals surface area contributed by atoms with E-state index in [1.54, 1.807) is 10.6 Å². The van der Waals surface area contributed by atoms with Gasteiger partial charge in [0.05, 0.1) is 0 Å². The second-order valence-corrected chi connectivity index (χ2v) is 13.5. The van der Waals surface area contributed by atoms with Gasteiger partial charge in [-0.25, -0.2) is 0 Å². The fraction of sp³-hybridized carbons (Fsp3) is 0.455. The van der Waals surface area contributed by atoms with Gasteiger partial charge < -0.3 is 0 Å². The molecular weight excluding hydrogens is 358 g/mol. The van der Waals surface area contributed by atoms with Gasteiger partial charge in [0.25, 0.3) is 0 Å². The first-order valence-electron chi connectivity index (χ1n) is 9.63. The fourth-order valence-electron chi connectivity index (χ4n) is 4.28. The summed E-state index contributed by atoms with van der Waals surface area (Å²) in [4.78, 5) is 0. The lowest BCUT2D eigenvalue weighted by atomic mass is 10.3. The first kappa shape index (κ1) is 18.0. The molecule has 2 fully saturated rings. The van der Waals surface area contributed by atoms with E-state index in [4.69, 9.17) is 0 Å². The van der Waals surface area contributed by atoms with E-state index in [0.717, 1.165) is 11.3 Å². The molecule has 2 aromatic carbocycles. The van der Waals surface area contributed by atoms with Crippen LogP contribution in [0.2, 0.25) is 0 Å². The van der Waals surface area contributed by atoms with Crippen molar-refractivity contribution in [3.63, 3.8) is 0 Å². The summed E-state index contributed by atoms with van der Waals surface area (Å²) in [5.41, 5.74) is 1.93. The largest absolute Gasteiger partial charge is 0.161 e. The molecule has 132 valence electrons. The van der Waals surface area contributed by atoms with Gasteiger partial charge in [-0.15, -0.1) is 0 Å². The minimum Gasteiger partial charge on any atom is -0.161 e. The van der Waals surface area contributed by atoms with Gasteiger partial charge in [0.15, 0.2) is 0 Å². The molecule has 0 aromatic heterocycles. The van der Waals surface area contributed by atoms with E-state index in [0.29, 0.717) is 0 Å². The molecule has 0 radical (unpaired) electrons. The van der Waals surface area contributed by atoms with E-state index >= 15 is 0 Å². The average Bonchev–Trinajstić information content (AvgIpc) is 3.33. The molecule has 4 rings (SSSR count). The van der Waals surface area contributed by atoms with Crippen molar-refractivity contribution >= 4 is 38.2 Å². The average molecular weight is 386 g/mol. The van der Waals surface area contributed by atoms with Crippen LogP contribution in [0, 0.1) is 0 Å². The molecule has 2 aromatic rings. The highest BCUT2D eigenvalue weighted by atomic mass is 32.2. The van der Waals surface area contributed by atoms with Crippen LogP contribution in [0.15, 0.2) is 60.7 Å². The maximum atomic E-state index is 2.38. The Morgan fingerprint density at radius 1 is 0.680 bits per heavy atom. The Bertz CT molecular complexity index is 588. The van der Waals surface area contributed by atoms with Crippen LogP contribution < -0.4 is 10.6 Å². The quantitative estimate of drug-likeness (QED) is 0.577. The maximum absolute atomic E-state index is 2.38. The molecule has 0 bridgehead atoms. The first-order valence-corrected chi connectivity index (χ1v) is 14.0. The van der Waals surface area contributed by atoms with Crippen molar-refractivity contribution in [2.45, 2.75) is 37.0 Å². The second kappa shape index (κ2) is 9.03. The highest BCUT2D eigenvalue weighted by molar-refractivity contribution is 8.00. The van der Waals surface area contributed by atoms with Gasteiger partial charge in [0.1, 0.15) is 0 Å². The Kier molecular flexibility index (Phi) is 6.52. The number of benzene rings is 2. The molecule has 2 saturated heterocycles. The normalized spacial score (nSPS) is 29.1. The minimum absolute atomic E-state index is 0.102. The summed E-state index contributed by atoms with van der Waals surface area (Å²) >= 11 is 2.28. The lowest BCUT2D eigenvalue weighted by molar-refractivity contribution is 0.832. The molecule has 2 aliphatic heterocycles. The van der Waals surface area contributed by atoms with Crippen molar-refractivity contribution in [3.05, 3.63) is 60.7 Å². The van der Waals surface area contributed by atoms with E-state index < -0.39 is 0 Å². The highest BCUT2D eigenvalue weighted by Gasteiger charge is 2.30. The van der Waals surface area contributed by atoms with Gasteiger partial charge in [-0.1, -0.05) is 76.5 Å². The fourth-order valence-corrected chi connectivity index (χ4v) is 12.6. The van der Waals surface area contributed by atoms with E-state index in [1.165, 1.54) is 49.5 Å². The van der Waals surface area contributed by atoms with E-state index in [2.05, 4.69) is 72.4 Å². The van der Waals surface area contributed by atoms with Gasteiger partial charge in [-0.3, -0.25) is 0 Å². The summed E-state index contributed by atoms with van der Waals surface area (Å²) in [6, 6.07) is 22.7. The van der Waals surface area contributed by atoms with Gasteiger partial charge >= 0.3 is 0 Å². The smallest absolute Gasteiger partial charge is 0.000355 e. The Balaban J connectivity index is 1.31. The standard InChI is InChI=1S/C22H28P2S/c1-3-9-19(10-4-1)23-15-7-13-21(23)17-25-18-22-14-8-16-24(22)20-11-5-2-6-12-20/h1-6,9-12,21-22H,7-8,13-18H2/t21-,22-,23-,24-/m1/s1. The number of rotatable bonds is 6.